The number of amides is 1. The maximum Gasteiger partial charge on any atom is 0.227 e. The van der Waals surface area contributed by atoms with E-state index in [9.17, 15) is 4.79 Å². The first-order valence-corrected chi connectivity index (χ1v) is 9.47. The molecule has 0 unspecified atom stereocenters. The Morgan fingerprint density at radius 1 is 1.04 bits per heavy atom. The number of rotatable bonds is 6. The van der Waals surface area contributed by atoms with E-state index in [2.05, 4.69) is 12.1 Å². The Morgan fingerprint density at radius 3 is 2.37 bits per heavy atom. The Labute approximate surface area is 161 Å². The lowest BCUT2D eigenvalue weighted by atomic mass is 10.1. The zero-order chi connectivity index (χ0) is 19.2. The molecule has 2 aromatic carbocycles. The average molecular weight is 369 g/mol. The third-order valence-corrected chi connectivity index (χ3v) is 5.21. The quantitative estimate of drug-likeness (QED) is 0.839. The van der Waals surface area contributed by atoms with Gasteiger partial charge in [0.15, 0.2) is 0 Å². The fourth-order valence-electron chi connectivity index (χ4n) is 3.60. The van der Waals surface area contributed by atoms with Crippen molar-refractivity contribution in [2.75, 3.05) is 40.4 Å². The minimum absolute atomic E-state index is 0.183. The van der Waals surface area contributed by atoms with Gasteiger partial charge in [-0.3, -0.25) is 4.79 Å². The molecule has 1 aliphatic rings. The third-order valence-electron chi connectivity index (χ3n) is 5.21. The van der Waals surface area contributed by atoms with Crippen molar-refractivity contribution in [1.82, 2.24) is 4.90 Å². The molecule has 0 spiro atoms. The van der Waals surface area contributed by atoms with E-state index in [4.69, 9.17) is 9.47 Å². The van der Waals surface area contributed by atoms with Gasteiger partial charge in [0.2, 0.25) is 5.91 Å². The summed E-state index contributed by atoms with van der Waals surface area (Å²) < 4.78 is 10.6. The molecular weight excluding hydrogens is 340 g/mol. The van der Waals surface area contributed by atoms with Gasteiger partial charge in [0, 0.05) is 11.1 Å². The van der Waals surface area contributed by atoms with Gasteiger partial charge < -0.3 is 19.3 Å². The van der Waals surface area contributed by atoms with Gasteiger partial charge in [0.05, 0.1) is 46.8 Å². The molecule has 2 aromatic rings. The fraction of sp³-hybridized carbons (Fsp3) is 0.409. The van der Waals surface area contributed by atoms with Crippen molar-refractivity contribution in [2.24, 2.45) is 0 Å². The summed E-state index contributed by atoms with van der Waals surface area (Å²) in [6, 6.07) is 14.2. The molecule has 0 aromatic heterocycles. The first-order valence-electron chi connectivity index (χ1n) is 9.47. The van der Waals surface area contributed by atoms with Crippen LogP contribution in [-0.2, 0) is 17.8 Å². The van der Waals surface area contributed by atoms with Crippen molar-refractivity contribution < 1.29 is 19.2 Å². The maximum atomic E-state index is 12.7. The second kappa shape index (κ2) is 8.91. The standard InChI is InChI=1S/C22H28N2O3/c1-17-4-9-21(27-3)19(14-17)15-22(25)24-12-10-23(11-13-24)16-18-5-7-20(26-2)8-6-18/h4-9,14H,10-13,15-16H2,1-3H3/p+1. The number of ether oxygens (including phenoxy) is 2. The van der Waals surface area contributed by atoms with Crippen LogP contribution in [0.3, 0.4) is 0 Å². The number of piperazine rings is 1. The highest BCUT2D eigenvalue weighted by Gasteiger charge is 2.24. The molecule has 0 aliphatic carbocycles. The first kappa shape index (κ1) is 19.2. The Bertz CT molecular complexity index is 766. The molecule has 1 fully saturated rings. The predicted molar refractivity (Wildman–Crippen MR) is 105 cm³/mol. The molecule has 5 nitrogen and oxygen atoms in total. The molecule has 1 heterocycles. The number of carbonyl (C=O) groups excluding carboxylic acids is 1. The van der Waals surface area contributed by atoms with Crippen molar-refractivity contribution in [3.63, 3.8) is 0 Å². The maximum absolute atomic E-state index is 12.7. The number of methoxy groups -OCH3 is 2. The molecule has 3 rings (SSSR count). The number of quaternary nitrogens is 1. The van der Waals surface area contributed by atoms with Crippen LogP contribution < -0.4 is 14.4 Å². The Morgan fingerprint density at radius 2 is 1.74 bits per heavy atom. The summed E-state index contributed by atoms with van der Waals surface area (Å²) in [6.07, 6.45) is 0.401. The van der Waals surface area contributed by atoms with Crippen LogP contribution in [-0.4, -0.2) is 51.2 Å². The molecule has 0 bridgehead atoms. The van der Waals surface area contributed by atoms with E-state index in [-0.39, 0.29) is 5.91 Å². The molecule has 5 heteroatoms. The minimum atomic E-state index is 0.183. The normalized spacial score (nSPS) is 14.9. The number of aryl methyl sites for hydroxylation is 1. The van der Waals surface area contributed by atoms with Gasteiger partial charge in [-0.05, 0) is 37.3 Å². The Kier molecular flexibility index (Phi) is 6.35. The van der Waals surface area contributed by atoms with E-state index in [1.165, 1.54) is 10.5 Å². The van der Waals surface area contributed by atoms with Crippen LogP contribution in [0.15, 0.2) is 42.5 Å². The predicted octanol–water partition coefficient (Wildman–Crippen LogP) is 1.48. The van der Waals surface area contributed by atoms with E-state index in [0.717, 1.165) is 55.3 Å². The molecule has 1 aliphatic heterocycles. The largest absolute Gasteiger partial charge is 0.497 e. The van der Waals surface area contributed by atoms with Gasteiger partial charge in [0.25, 0.3) is 0 Å². The summed E-state index contributed by atoms with van der Waals surface area (Å²) in [5.74, 6) is 1.86. The highest BCUT2D eigenvalue weighted by Crippen LogP contribution is 2.20. The van der Waals surface area contributed by atoms with Crippen molar-refractivity contribution in [3.05, 3.63) is 59.2 Å². The van der Waals surface area contributed by atoms with E-state index in [0.29, 0.717) is 6.42 Å². The van der Waals surface area contributed by atoms with Crippen LogP contribution in [0, 0.1) is 6.92 Å². The summed E-state index contributed by atoms with van der Waals surface area (Å²) in [5.41, 5.74) is 3.41. The first-order chi connectivity index (χ1) is 13.1. The number of nitrogens with one attached hydrogen (secondary N) is 1. The zero-order valence-electron chi connectivity index (χ0n) is 16.5. The van der Waals surface area contributed by atoms with Crippen molar-refractivity contribution >= 4 is 5.91 Å². The van der Waals surface area contributed by atoms with Crippen molar-refractivity contribution in [3.8, 4) is 11.5 Å². The molecule has 1 amide bonds. The topological polar surface area (TPSA) is 43.2 Å². The van der Waals surface area contributed by atoms with E-state index in [1.807, 2.05) is 42.2 Å². The van der Waals surface area contributed by atoms with Gasteiger partial charge in [-0.15, -0.1) is 0 Å². The van der Waals surface area contributed by atoms with Gasteiger partial charge >= 0.3 is 0 Å². The molecule has 144 valence electrons. The second-order valence-electron chi connectivity index (χ2n) is 7.15. The highest BCUT2D eigenvalue weighted by atomic mass is 16.5. The van der Waals surface area contributed by atoms with Gasteiger partial charge in [0.1, 0.15) is 18.0 Å². The van der Waals surface area contributed by atoms with E-state index >= 15 is 0 Å². The lowest BCUT2D eigenvalue weighted by Gasteiger charge is -2.32. The zero-order valence-corrected chi connectivity index (χ0v) is 16.5. The van der Waals surface area contributed by atoms with Gasteiger partial charge in [-0.1, -0.05) is 17.7 Å². The molecular formula is C22H29N2O3+. The van der Waals surface area contributed by atoms with Crippen molar-refractivity contribution in [2.45, 2.75) is 19.9 Å². The summed E-state index contributed by atoms with van der Waals surface area (Å²) in [5, 5.41) is 0. The number of nitrogens with zero attached hydrogens (tertiary/aromatic N) is 1. The Balaban J connectivity index is 1.52. The fourth-order valence-corrected chi connectivity index (χ4v) is 3.60. The number of hydrogen-bond acceptors (Lipinski definition) is 3. The number of benzene rings is 2. The summed E-state index contributed by atoms with van der Waals surface area (Å²) in [7, 11) is 3.34. The third kappa shape index (κ3) is 5.01. The average Bonchev–Trinajstić information content (AvgIpc) is 2.69. The minimum Gasteiger partial charge on any atom is -0.497 e. The number of carbonyl (C=O) groups is 1. The SMILES string of the molecule is COc1ccc(C[NH+]2CCN(C(=O)Cc3cc(C)ccc3OC)CC2)cc1. The monoisotopic (exact) mass is 369 g/mol. The van der Waals surface area contributed by atoms with Crippen LogP contribution in [0.4, 0.5) is 0 Å². The van der Waals surface area contributed by atoms with E-state index < -0.39 is 0 Å². The Hall–Kier alpha value is -2.53. The van der Waals surface area contributed by atoms with Crippen LogP contribution in [0.5, 0.6) is 11.5 Å². The summed E-state index contributed by atoms with van der Waals surface area (Å²) in [4.78, 5) is 16.2. The molecule has 1 N–H and O–H groups in total. The van der Waals surface area contributed by atoms with Gasteiger partial charge in [-0.2, -0.15) is 0 Å². The number of hydrogen-bond donors (Lipinski definition) is 1. The second-order valence-corrected chi connectivity index (χ2v) is 7.15. The molecule has 0 radical (unpaired) electrons. The lowest BCUT2D eigenvalue weighted by Crippen LogP contribution is -3.13. The van der Waals surface area contributed by atoms with Crippen LogP contribution >= 0.6 is 0 Å². The van der Waals surface area contributed by atoms with Crippen LogP contribution in [0.2, 0.25) is 0 Å². The van der Waals surface area contributed by atoms with Crippen LogP contribution in [0.25, 0.3) is 0 Å². The summed E-state index contributed by atoms with van der Waals surface area (Å²) >= 11 is 0. The molecule has 0 atom stereocenters. The van der Waals surface area contributed by atoms with E-state index in [1.54, 1.807) is 14.2 Å². The summed E-state index contributed by atoms with van der Waals surface area (Å²) in [6.45, 7) is 6.58. The molecule has 0 saturated carbocycles. The smallest absolute Gasteiger partial charge is 0.227 e. The van der Waals surface area contributed by atoms with Gasteiger partial charge in [-0.25, -0.2) is 0 Å². The molecule has 1 saturated heterocycles. The lowest BCUT2D eigenvalue weighted by molar-refractivity contribution is -0.917. The highest BCUT2D eigenvalue weighted by molar-refractivity contribution is 5.79. The van der Waals surface area contributed by atoms with Crippen LogP contribution in [0.1, 0.15) is 16.7 Å². The van der Waals surface area contributed by atoms with Crippen molar-refractivity contribution in [1.29, 1.82) is 0 Å². The molecule has 27 heavy (non-hydrogen) atoms.